The fraction of sp³-hybridized carbons (Fsp3) is 0.231. The number of benzene rings is 2. The Hall–Kier alpha value is -3.85. The molecular formula is C26H25N5O3S. The Morgan fingerprint density at radius 2 is 1.80 bits per heavy atom. The van der Waals surface area contributed by atoms with Crippen LogP contribution in [0.2, 0.25) is 0 Å². The van der Waals surface area contributed by atoms with Crippen LogP contribution < -0.4 is 10.2 Å². The summed E-state index contributed by atoms with van der Waals surface area (Å²) in [6.45, 7) is 5.85. The number of amides is 2. The molecular weight excluding hydrogens is 462 g/mol. The summed E-state index contributed by atoms with van der Waals surface area (Å²) in [5.41, 5.74) is 1.33. The first-order valence-corrected chi connectivity index (χ1v) is 12.2. The fourth-order valence-electron chi connectivity index (χ4n) is 4.11. The molecule has 0 fully saturated rings. The first-order valence-electron chi connectivity index (χ1n) is 11.3. The lowest BCUT2D eigenvalue weighted by Gasteiger charge is -2.43. The van der Waals surface area contributed by atoms with E-state index in [1.165, 1.54) is 11.8 Å². The average Bonchev–Trinajstić information content (AvgIpc) is 3.51. The third-order valence-electron chi connectivity index (χ3n) is 6.00. The molecule has 0 saturated heterocycles. The SMILES string of the molecule is C[C@H](Sc1nnc(-c2ccco2)n1Cc1ccccc1)C(=O)N1c2ccccc2NC(=O)C1(C)C. The highest BCUT2D eigenvalue weighted by atomic mass is 32.2. The summed E-state index contributed by atoms with van der Waals surface area (Å²) in [5, 5.41) is 11.7. The van der Waals surface area contributed by atoms with Crippen LogP contribution in [0.3, 0.4) is 0 Å². The Kier molecular flexibility index (Phi) is 5.94. The van der Waals surface area contributed by atoms with Gasteiger partial charge in [0.25, 0.3) is 0 Å². The second kappa shape index (κ2) is 9.07. The van der Waals surface area contributed by atoms with Crippen LogP contribution in [0.25, 0.3) is 11.6 Å². The summed E-state index contributed by atoms with van der Waals surface area (Å²) in [4.78, 5) is 28.2. The van der Waals surface area contributed by atoms with Crippen LogP contribution in [-0.4, -0.2) is 37.4 Å². The van der Waals surface area contributed by atoms with Crippen molar-refractivity contribution < 1.29 is 14.0 Å². The van der Waals surface area contributed by atoms with Crippen LogP contribution >= 0.6 is 11.8 Å². The second-order valence-electron chi connectivity index (χ2n) is 8.82. The van der Waals surface area contributed by atoms with E-state index in [1.807, 2.05) is 66.1 Å². The van der Waals surface area contributed by atoms with E-state index in [-0.39, 0.29) is 11.8 Å². The van der Waals surface area contributed by atoms with Gasteiger partial charge in [0, 0.05) is 0 Å². The minimum Gasteiger partial charge on any atom is -0.461 e. The normalized spacial score (nSPS) is 15.4. The van der Waals surface area contributed by atoms with Crippen molar-refractivity contribution in [3.8, 4) is 11.6 Å². The van der Waals surface area contributed by atoms with Crippen LogP contribution in [-0.2, 0) is 16.1 Å². The minimum atomic E-state index is -1.04. The average molecular weight is 488 g/mol. The van der Waals surface area contributed by atoms with Crippen molar-refractivity contribution in [2.45, 2.75) is 43.3 Å². The molecule has 2 amide bonds. The third kappa shape index (κ3) is 4.23. The molecule has 5 rings (SSSR count). The molecule has 1 aliphatic heterocycles. The number of para-hydroxylation sites is 2. The van der Waals surface area contributed by atoms with Gasteiger partial charge in [0.05, 0.1) is 29.4 Å². The molecule has 2 aromatic heterocycles. The maximum Gasteiger partial charge on any atom is 0.250 e. The molecule has 4 aromatic rings. The number of carbonyl (C=O) groups excluding carboxylic acids is 2. The molecule has 2 aromatic carbocycles. The number of carbonyl (C=O) groups is 2. The van der Waals surface area contributed by atoms with Crippen molar-refractivity contribution >= 4 is 35.0 Å². The van der Waals surface area contributed by atoms with Crippen LogP contribution in [0, 0.1) is 0 Å². The summed E-state index contributed by atoms with van der Waals surface area (Å²) in [5.74, 6) is 0.774. The lowest BCUT2D eigenvalue weighted by Crippen LogP contribution is -2.60. The molecule has 0 bridgehead atoms. The van der Waals surface area contributed by atoms with Gasteiger partial charge >= 0.3 is 0 Å². The highest BCUT2D eigenvalue weighted by Crippen LogP contribution is 2.39. The Bertz CT molecular complexity index is 1360. The maximum atomic E-state index is 13.8. The van der Waals surface area contributed by atoms with Crippen molar-refractivity contribution in [3.05, 3.63) is 78.6 Å². The fourth-order valence-corrected chi connectivity index (χ4v) is 5.00. The van der Waals surface area contributed by atoms with Gasteiger partial charge in [-0.2, -0.15) is 0 Å². The van der Waals surface area contributed by atoms with Crippen molar-refractivity contribution in [1.82, 2.24) is 14.8 Å². The van der Waals surface area contributed by atoms with Crippen LogP contribution in [0.5, 0.6) is 0 Å². The zero-order valence-corrected chi connectivity index (χ0v) is 20.5. The van der Waals surface area contributed by atoms with Gasteiger partial charge in [-0.25, -0.2) is 0 Å². The molecule has 0 unspecified atom stereocenters. The van der Waals surface area contributed by atoms with E-state index in [2.05, 4.69) is 15.5 Å². The molecule has 0 radical (unpaired) electrons. The zero-order valence-electron chi connectivity index (χ0n) is 19.6. The number of anilines is 2. The molecule has 3 heterocycles. The van der Waals surface area contributed by atoms with Crippen molar-refractivity contribution in [1.29, 1.82) is 0 Å². The number of fused-ring (bicyclic) bond motifs is 1. The zero-order chi connectivity index (χ0) is 24.6. The number of thioether (sulfide) groups is 1. The molecule has 35 heavy (non-hydrogen) atoms. The number of rotatable bonds is 6. The molecule has 1 aliphatic rings. The van der Waals surface area contributed by atoms with Crippen molar-refractivity contribution in [2.75, 3.05) is 10.2 Å². The van der Waals surface area contributed by atoms with E-state index in [9.17, 15) is 9.59 Å². The van der Waals surface area contributed by atoms with Gasteiger partial charge in [0.2, 0.25) is 17.6 Å². The standard InChI is InChI=1S/C26H25N5O3S/c1-17(23(32)31-20-13-8-7-12-19(20)27-24(33)26(31,2)3)35-25-29-28-22(21-14-9-15-34-21)30(25)16-18-10-5-4-6-11-18/h4-15,17H,16H2,1-3H3,(H,27,33)/t17-/m0/s1. The lowest BCUT2D eigenvalue weighted by molar-refractivity contribution is -0.126. The number of nitrogens with zero attached hydrogens (tertiary/aromatic N) is 4. The summed E-state index contributed by atoms with van der Waals surface area (Å²) >= 11 is 1.31. The van der Waals surface area contributed by atoms with Gasteiger partial charge in [0.1, 0.15) is 5.54 Å². The number of aromatic nitrogens is 3. The summed E-state index contributed by atoms with van der Waals surface area (Å²) in [6, 6.07) is 21.0. The monoisotopic (exact) mass is 487 g/mol. The Balaban J connectivity index is 1.47. The van der Waals surface area contributed by atoms with E-state index in [1.54, 1.807) is 37.1 Å². The summed E-state index contributed by atoms with van der Waals surface area (Å²) in [6.07, 6.45) is 1.59. The van der Waals surface area contributed by atoms with Gasteiger partial charge < -0.3 is 9.73 Å². The predicted molar refractivity (Wildman–Crippen MR) is 135 cm³/mol. The van der Waals surface area contributed by atoms with E-state index >= 15 is 0 Å². The van der Waals surface area contributed by atoms with Gasteiger partial charge in [0.15, 0.2) is 10.9 Å². The molecule has 0 spiro atoms. The molecule has 0 aliphatic carbocycles. The van der Waals surface area contributed by atoms with E-state index in [0.29, 0.717) is 34.7 Å². The first kappa shape index (κ1) is 22.9. The third-order valence-corrected chi connectivity index (χ3v) is 7.07. The number of nitrogens with one attached hydrogen (secondary N) is 1. The molecule has 178 valence electrons. The largest absolute Gasteiger partial charge is 0.461 e. The molecule has 0 saturated carbocycles. The highest BCUT2D eigenvalue weighted by molar-refractivity contribution is 8.00. The first-order chi connectivity index (χ1) is 16.9. The van der Waals surface area contributed by atoms with E-state index in [4.69, 9.17) is 4.42 Å². The van der Waals surface area contributed by atoms with Crippen molar-refractivity contribution in [3.63, 3.8) is 0 Å². The molecule has 9 heteroatoms. The molecule has 1 atom stereocenters. The van der Waals surface area contributed by atoms with Crippen LogP contribution in [0.15, 0.2) is 82.6 Å². The van der Waals surface area contributed by atoms with Crippen LogP contribution in [0.1, 0.15) is 26.3 Å². The predicted octanol–water partition coefficient (Wildman–Crippen LogP) is 4.83. The van der Waals surface area contributed by atoms with E-state index < -0.39 is 10.8 Å². The van der Waals surface area contributed by atoms with Gasteiger partial charge in [-0.1, -0.05) is 54.2 Å². The van der Waals surface area contributed by atoms with Crippen molar-refractivity contribution in [2.24, 2.45) is 0 Å². The van der Waals surface area contributed by atoms with Gasteiger partial charge in [-0.3, -0.25) is 19.1 Å². The van der Waals surface area contributed by atoms with Gasteiger partial charge in [-0.05, 0) is 50.6 Å². The number of hydrogen-bond donors (Lipinski definition) is 1. The Labute approximate surface area is 207 Å². The smallest absolute Gasteiger partial charge is 0.250 e. The molecule has 1 N–H and O–H groups in total. The Morgan fingerprint density at radius 3 is 2.54 bits per heavy atom. The number of hydrogen-bond acceptors (Lipinski definition) is 6. The highest BCUT2D eigenvalue weighted by Gasteiger charge is 2.45. The lowest BCUT2D eigenvalue weighted by atomic mass is 9.96. The van der Waals surface area contributed by atoms with Gasteiger partial charge in [-0.15, -0.1) is 10.2 Å². The second-order valence-corrected chi connectivity index (χ2v) is 10.1. The topological polar surface area (TPSA) is 93.3 Å². The minimum absolute atomic E-state index is 0.184. The Morgan fingerprint density at radius 1 is 1.06 bits per heavy atom. The summed E-state index contributed by atoms with van der Waals surface area (Å²) in [7, 11) is 0. The number of furan rings is 1. The summed E-state index contributed by atoms with van der Waals surface area (Å²) < 4.78 is 7.53. The quantitative estimate of drug-likeness (QED) is 0.392. The molecule has 8 nitrogen and oxygen atoms in total. The van der Waals surface area contributed by atoms with E-state index in [0.717, 1.165) is 5.56 Å². The van der Waals surface area contributed by atoms with Crippen LogP contribution in [0.4, 0.5) is 11.4 Å². The maximum absolute atomic E-state index is 13.8.